The molecule has 0 bridgehead atoms. The lowest BCUT2D eigenvalue weighted by atomic mass is 10.0. The Labute approximate surface area is 329 Å². The van der Waals surface area contributed by atoms with Crippen molar-refractivity contribution in [2.45, 2.75) is 95.0 Å². The molecule has 0 aromatic carbocycles. The standard InChI is InChI=1S/C32H50N12O14/c1-14(2)25(33)30(56)38-12-21(45)40-18(9-23(48)49)28(54)43-19(10-24(50)51)29(55)42-17(5-6-22(46)47)27(53)41-16(4-3-7-37-32(34)35)26(52)44-20(31(57)58)8-15-11-36-13-39-15/h11,13-14,16-20,25H,3-10,12,33H2,1-2H3,(H,36,39)(H,38,56)(H,40,45)(H,41,53)(H,42,55)(H,43,54)(H,44,52)(H,46,47)(H,48,49)(H,50,51)(H,57,58)(H4,34,35,37)/t16-,17-,18-,19-,20-,25-/m0/s1. The number of carboxylic acids is 4. The van der Waals surface area contributed by atoms with Crippen LogP contribution < -0.4 is 49.1 Å². The molecule has 1 heterocycles. The highest BCUT2D eigenvalue weighted by molar-refractivity contribution is 5.98. The summed E-state index contributed by atoms with van der Waals surface area (Å²) in [4.78, 5) is 135. The van der Waals surface area contributed by atoms with Gasteiger partial charge in [-0.1, -0.05) is 13.8 Å². The predicted molar refractivity (Wildman–Crippen MR) is 197 cm³/mol. The number of nitrogens with zero attached hydrogens (tertiary/aromatic N) is 2. The van der Waals surface area contributed by atoms with E-state index < -0.39 is 128 Å². The Hall–Kier alpha value is -6.86. The minimum atomic E-state index is -2.06. The number of carbonyl (C=O) groups excluding carboxylic acids is 6. The van der Waals surface area contributed by atoms with Crippen LogP contribution in [0, 0.1) is 5.92 Å². The Morgan fingerprint density at radius 3 is 1.67 bits per heavy atom. The maximum Gasteiger partial charge on any atom is 0.326 e. The quantitative estimate of drug-likeness (QED) is 0.0223. The summed E-state index contributed by atoms with van der Waals surface area (Å²) in [5.41, 5.74) is 16.7. The number of H-pyrrole nitrogens is 1. The van der Waals surface area contributed by atoms with E-state index in [0.717, 1.165) is 0 Å². The number of aromatic amines is 1. The number of nitrogens with one attached hydrogen (secondary N) is 7. The highest BCUT2D eigenvalue weighted by Gasteiger charge is 2.34. The van der Waals surface area contributed by atoms with Crippen molar-refractivity contribution in [2.24, 2.45) is 28.1 Å². The Bertz CT molecular complexity index is 1670. The number of hydrogen-bond acceptors (Lipinski definition) is 13. The van der Waals surface area contributed by atoms with Crippen LogP contribution in [-0.2, 0) is 54.4 Å². The van der Waals surface area contributed by atoms with Gasteiger partial charge in [0.05, 0.1) is 31.8 Å². The number of aliphatic carboxylic acids is 4. The fraction of sp³-hybridized carbons (Fsp3) is 0.562. The lowest BCUT2D eigenvalue weighted by Gasteiger charge is -2.26. The zero-order chi connectivity index (χ0) is 44.1. The van der Waals surface area contributed by atoms with Crippen molar-refractivity contribution in [3.8, 4) is 0 Å². The Kier molecular flexibility index (Phi) is 20.9. The molecule has 6 atom stereocenters. The molecule has 1 aromatic rings. The van der Waals surface area contributed by atoms with E-state index in [1.165, 1.54) is 12.5 Å². The number of carboxylic acid groups (broad SMARTS) is 4. The maximum atomic E-state index is 13.6. The van der Waals surface area contributed by atoms with E-state index in [-0.39, 0.29) is 37.7 Å². The van der Waals surface area contributed by atoms with Crippen LogP contribution >= 0.6 is 0 Å². The van der Waals surface area contributed by atoms with Crippen LogP contribution in [-0.4, -0.2) is 145 Å². The predicted octanol–water partition coefficient (Wildman–Crippen LogP) is -5.57. The second-order valence-electron chi connectivity index (χ2n) is 13.0. The van der Waals surface area contributed by atoms with E-state index in [1.807, 2.05) is 5.32 Å². The van der Waals surface area contributed by atoms with E-state index in [0.29, 0.717) is 5.69 Å². The molecule has 0 fully saturated rings. The fourth-order valence-electron chi connectivity index (χ4n) is 4.82. The van der Waals surface area contributed by atoms with Crippen LogP contribution in [0.2, 0.25) is 0 Å². The number of guanidine groups is 1. The second kappa shape index (κ2) is 24.6. The Balaban J connectivity index is 3.30. The van der Waals surface area contributed by atoms with Crippen LogP contribution in [0.3, 0.4) is 0 Å². The second-order valence-corrected chi connectivity index (χ2v) is 13.0. The zero-order valence-corrected chi connectivity index (χ0v) is 31.6. The lowest BCUT2D eigenvalue weighted by Crippen LogP contribution is -2.59. The first-order valence-electron chi connectivity index (χ1n) is 17.6. The molecule has 6 amide bonds. The van der Waals surface area contributed by atoms with Crippen molar-refractivity contribution in [2.75, 3.05) is 13.1 Å². The SMILES string of the molecule is CC(C)[C@H](N)C(=O)NCC(=O)N[C@@H](CC(=O)O)C(=O)N[C@@H](CC(=O)O)C(=O)N[C@@H](CCC(=O)O)C(=O)N[C@@H](CCCN=C(N)N)C(=O)N[C@@H](Cc1cnc[nH]1)C(=O)O. The first-order valence-corrected chi connectivity index (χ1v) is 17.6. The molecular formula is C32H50N12O14. The van der Waals surface area contributed by atoms with Crippen LogP contribution in [0.4, 0.5) is 0 Å². The van der Waals surface area contributed by atoms with Gasteiger partial charge in [-0.15, -0.1) is 0 Å². The number of aliphatic imine (C=N–C) groups is 1. The van der Waals surface area contributed by atoms with Crippen molar-refractivity contribution >= 4 is 65.3 Å². The number of rotatable bonds is 27. The maximum absolute atomic E-state index is 13.6. The van der Waals surface area contributed by atoms with Crippen molar-refractivity contribution in [3.05, 3.63) is 18.2 Å². The third-order valence-corrected chi connectivity index (χ3v) is 7.94. The molecule has 58 heavy (non-hydrogen) atoms. The largest absolute Gasteiger partial charge is 0.481 e. The highest BCUT2D eigenvalue weighted by atomic mass is 16.4. The summed E-state index contributed by atoms with van der Waals surface area (Å²) in [5, 5.41) is 50.9. The Morgan fingerprint density at radius 1 is 0.707 bits per heavy atom. The van der Waals surface area contributed by atoms with E-state index in [1.54, 1.807) is 13.8 Å². The molecule has 0 aliphatic heterocycles. The van der Waals surface area contributed by atoms with Crippen LogP contribution in [0.1, 0.15) is 58.1 Å². The molecule has 26 heteroatoms. The van der Waals surface area contributed by atoms with Crippen LogP contribution in [0.15, 0.2) is 17.5 Å². The van der Waals surface area contributed by atoms with Gasteiger partial charge < -0.3 is 74.5 Å². The monoisotopic (exact) mass is 826 g/mol. The van der Waals surface area contributed by atoms with Gasteiger partial charge in [0.25, 0.3) is 0 Å². The van der Waals surface area contributed by atoms with Crippen molar-refractivity contribution in [3.63, 3.8) is 0 Å². The van der Waals surface area contributed by atoms with Gasteiger partial charge in [0.2, 0.25) is 35.4 Å². The van der Waals surface area contributed by atoms with Crippen LogP contribution in [0.5, 0.6) is 0 Å². The van der Waals surface area contributed by atoms with Gasteiger partial charge in [-0.25, -0.2) is 9.78 Å². The third-order valence-electron chi connectivity index (χ3n) is 7.94. The normalized spacial score (nSPS) is 13.9. The number of amides is 6. The summed E-state index contributed by atoms with van der Waals surface area (Å²) >= 11 is 0. The molecule has 0 saturated carbocycles. The molecule has 0 aliphatic carbocycles. The fourth-order valence-corrected chi connectivity index (χ4v) is 4.82. The van der Waals surface area contributed by atoms with Gasteiger partial charge in [0.15, 0.2) is 5.96 Å². The first-order chi connectivity index (χ1) is 27.1. The molecule has 0 aliphatic rings. The summed E-state index contributed by atoms with van der Waals surface area (Å²) in [6, 6.07) is -9.85. The number of nitrogens with two attached hydrogens (primary N) is 3. The van der Waals surface area contributed by atoms with Gasteiger partial charge in [0, 0.05) is 31.3 Å². The molecule has 322 valence electrons. The molecule has 17 N–H and O–H groups in total. The van der Waals surface area contributed by atoms with Gasteiger partial charge in [0.1, 0.15) is 30.2 Å². The van der Waals surface area contributed by atoms with Crippen molar-refractivity contribution in [1.82, 2.24) is 41.9 Å². The summed E-state index contributed by atoms with van der Waals surface area (Å²) < 4.78 is 0. The average Bonchev–Trinajstić information content (AvgIpc) is 3.64. The Morgan fingerprint density at radius 2 is 1.21 bits per heavy atom. The van der Waals surface area contributed by atoms with Gasteiger partial charge in [-0.3, -0.25) is 48.1 Å². The number of imidazole rings is 1. The number of hydrogen-bond donors (Lipinski definition) is 14. The lowest BCUT2D eigenvalue weighted by molar-refractivity contribution is -0.143. The van der Waals surface area contributed by atoms with E-state index in [4.69, 9.17) is 17.2 Å². The highest BCUT2D eigenvalue weighted by Crippen LogP contribution is 2.08. The van der Waals surface area contributed by atoms with E-state index in [9.17, 15) is 68.4 Å². The molecule has 0 unspecified atom stereocenters. The summed E-state index contributed by atoms with van der Waals surface area (Å²) in [6.07, 6.45) is -1.46. The molecule has 1 aromatic heterocycles. The van der Waals surface area contributed by atoms with Gasteiger partial charge in [-0.2, -0.15) is 0 Å². The molecular weight excluding hydrogens is 776 g/mol. The first kappa shape index (κ1) is 49.2. The molecule has 26 nitrogen and oxygen atoms in total. The van der Waals surface area contributed by atoms with Gasteiger partial charge >= 0.3 is 23.9 Å². The zero-order valence-electron chi connectivity index (χ0n) is 31.6. The van der Waals surface area contributed by atoms with Crippen molar-refractivity contribution < 1.29 is 68.4 Å². The summed E-state index contributed by atoms with van der Waals surface area (Å²) in [6.45, 7) is 2.50. The number of aromatic nitrogens is 2. The molecule has 0 spiro atoms. The third kappa shape index (κ3) is 19.1. The minimum absolute atomic E-state index is 0.0410. The minimum Gasteiger partial charge on any atom is -0.481 e. The average molecular weight is 827 g/mol. The van der Waals surface area contributed by atoms with Crippen LogP contribution in [0.25, 0.3) is 0 Å². The van der Waals surface area contributed by atoms with E-state index >= 15 is 0 Å². The topological polar surface area (TPSA) is 443 Å². The van der Waals surface area contributed by atoms with E-state index in [2.05, 4.69) is 41.5 Å². The van der Waals surface area contributed by atoms with Crippen molar-refractivity contribution in [1.29, 1.82) is 0 Å². The smallest absolute Gasteiger partial charge is 0.326 e. The number of carbonyl (C=O) groups is 10. The summed E-state index contributed by atoms with van der Waals surface area (Å²) in [7, 11) is 0. The molecule has 1 rings (SSSR count). The molecule has 0 saturated heterocycles. The van der Waals surface area contributed by atoms with Gasteiger partial charge in [-0.05, 0) is 25.2 Å². The molecule has 0 radical (unpaired) electrons. The summed E-state index contributed by atoms with van der Waals surface area (Å²) in [5.74, 6) is -13.5.